The number of furan rings is 1. The zero-order chi connectivity index (χ0) is 21.1. The minimum Gasteiger partial charge on any atom is -0.493 e. The van der Waals surface area contributed by atoms with Gasteiger partial charge in [0.2, 0.25) is 0 Å². The predicted octanol–water partition coefficient (Wildman–Crippen LogP) is 2.99. The van der Waals surface area contributed by atoms with Crippen molar-refractivity contribution in [3.63, 3.8) is 0 Å². The highest BCUT2D eigenvalue weighted by Gasteiger charge is 2.44. The average Bonchev–Trinajstić information content (AvgIpc) is 3.43. The molecule has 0 unspecified atom stereocenters. The van der Waals surface area contributed by atoms with Crippen LogP contribution in [0.4, 0.5) is 0 Å². The number of nitrogens with zero attached hydrogens (tertiary/aromatic N) is 2. The fourth-order valence-corrected chi connectivity index (χ4v) is 4.86. The second kappa shape index (κ2) is 8.52. The molecule has 0 saturated carbocycles. The molecule has 2 fully saturated rings. The van der Waals surface area contributed by atoms with Gasteiger partial charge in [0.05, 0.1) is 20.5 Å². The van der Waals surface area contributed by atoms with Gasteiger partial charge in [-0.1, -0.05) is 12.1 Å². The van der Waals surface area contributed by atoms with Gasteiger partial charge in [-0.2, -0.15) is 0 Å². The van der Waals surface area contributed by atoms with Gasteiger partial charge in [0.25, 0.3) is 11.7 Å². The summed E-state index contributed by atoms with van der Waals surface area (Å²) < 4.78 is 16.1. The molecule has 2 aliphatic rings. The Morgan fingerprint density at radius 2 is 1.93 bits per heavy atom. The molecule has 30 heavy (non-hydrogen) atoms. The molecule has 160 valence electrons. The van der Waals surface area contributed by atoms with Crippen LogP contribution in [0.1, 0.15) is 35.4 Å². The van der Waals surface area contributed by atoms with E-state index in [-0.39, 0.29) is 11.2 Å². The smallest absolute Gasteiger partial charge is 0.298 e. The Bertz CT molecular complexity index is 910. The highest BCUT2D eigenvalue weighted by Crippen LogP contribution is 2.40. The van der Waals surface area contributed by atoms with Crippen LogP contribution in [0, 0.1) is 5.41 Å². The lowest BCUT2D eigenvalue weighted by atomic mass is 9.79. The number of Topliss-reactive ketones (excluding diaryl/α,β-unsaturated/α-hetero) is 1. The number of likely N-dealkylation sites (tertiary alicyclic amines) is 2. The van der Waals surface area contributed by atoms with Crippen LogP contribution in [-0.2, 0) is 11.3 Å². The molecule has 2 aliphatic heterocycles. The fourth-order valence-electron chi connectivity index (χ4n) is 4.86. The van der Waals surface area contributed by atoms with Gasteiger partial charge >= 0.3 is 0 Å². The van der Waals surface area contributed by atoms with E-state index in [9.17, 15) is 9.59 Å². The number of rotatable bonds is 6. The van der Waals surface area contributed by atoms with Gasteiger partial charge in [-0.05, 0) is 44.0 Å². The zero-order valence-electron chi connectivity index (χ0n) is 17.6. The van der Waals surface area contributed by atoms with Gasteiger partial charge in [-0.25, -0.2) is 0 Å². The quantitative estimate of drug-likeness (QED) is 0.537. The van der Waals surface area contributed by atoms with Crippen molar-refractivity contribution in [2.45, 2.75) is 25.8 Å². The molecule has 1 spiro atoms. The summed E-state index contributed by atoms with van der Waals surface area (Å²) in [6.07, 6.45) is 4.46. The molecule has 0 aliphatic carbocycles. The molecule has 1 aromatic heterocycles. The van der Waals surface area contributed by atoms with Crippen molar-refractivity contribution in [3.8, 4) is 11.5 Å². The number of benzene rings is 1. The van der Waals surface area contributed by atoms with Crippen LogP contribution in [-0.4, -0.2) is 61.9 Å². The monoisotopic (exact) mass is 412 g/mol. The number of ketones is 1. The maximum absolute atomic E-state index is 12.7. The van der Waals surface area contributed by atoms with Gasteiger partial charge in [-0.3, -0.25) is 14.5 Å². The molecule has 7 heteroatoms. The molecule has 0 bridgehead atoms. The first-order valence-electron chi connectivity index (χ1n) is 10.3. The first-order chi connectivity index (χ1) is 14.5. The van der Waals surface area contributed by atoms with E-state index in [1.807, 2.05) is 12.1 Å². The summed E-state index contributed by atoms with van der Waals surface area (Å²) in [5.74, 6) is 0.582. The number of methoxy groups -OCH3 is 2. The van der Waals surface area contributed by atoms with E-state index < -0.39 is 11.7 Å². The number of hydrogen-bond donors (Lipinski definition) is 0. The summed E-state index contributed by atoms with van der Waals surface area (Å²) in [5, 5.41) is 0. The van der Waals surface area contributed by atoms with Gasteiger partial charge in [-0.15, -0.1) is 0 Å². The van der Waals surface area contributed by atoms with E-state index in [4.69, 9.17) is 13.9 Å². The molecule has 1 atom stereocenters. The third-order valence-corrected chi connectivity index (χ3v) is 6.28. The largest absolute Gasteiger partial charge is 0.493 e. The molecule has 2 saturated heterocycles. The van der Waals surface area contributed by atoms with Crippen LogP contribution in [0.5, 0.6) is 11.5 Å². The topological polar surface area (TPSA) is 72.2 Å². The molecule has 1 amide bonds. The summed E-state index contributed by atoms with van der Waals surface area (Å²) in [5.41, 5.74) is 1.12. The molecule has 7 nitrogen and oxygen atoms in total. The van der Waals surface area contributed by atoms with Crippen LogP contribution < -0.4 is 9.47 Å². The minimum atomic E-state index is -0.564. The van der Waals surface area contributed by atoms with Crippen molar-refractivity contribution in [2.75, 3.05) is 40.4 Å². The number of carbonyl (C=O) groups excluding carboxylic acids is 2. The second-order valence-corrected chi connectivity index (χ2v) is 8.25. The van der Waals surface area contributed by atoms with E-state index in [1.165, 1.54) is 12.3 Å². The lowest BCUT2D eigenvalue weighted by Gasteiger charge is -2.40. The number of ether oxygens (including phenoxy) is 2. The highest BCUT2D eigenvalue weighted by molar-refractivity contribution is 6.41. The number of piperidine rings is 1. The van der Waals surface area contributed by atoms with Crippen LogP contribution >= 0.6 is 0 Å². The SMILES string of the molecule is COc1cccc(CN2CCC[C@]3(CCN(C(=O)C(=O)c4ccco4)C3)C2)c1OC. The molecular weight excluding hydrogens is 384 g/mol. The van der Waals surface area contributed by atoms with E-state index in [0.29, 0.717) is 13.1 Å². The van der Waals surface area contributed by atoms with E-state index >= 15 is 0 Å². The number of carbonyl (C=O) groups is 2. The Hall–Kier alpha value is -2.80. The molecule has 3 heterocycles. The Morgan fingerprint density at radius 1 is 1.07 bits per heavy atom. The molecule has 4 rings (SSSR count). The van der Waals surface area contributed by atoms with Gasteiger partial charge in [0.1, 0.15) is 0 Å². The Balaban J connectivity index is 1.43. The zero-order valence-corrected chi connectivity index (χ0v) is 17.6. The summed E-state index contributed by atoms with van der Waals surface area (Å²) in [7, 11) is 3.31. The van der Waals surface area contributed by atoms with Gasteiger partial charge in [0, 0.05) is 37.2 Å². The van der Waals surface area contributed by atoms with E-state index in [2.05, 4.69) is 11.0 Å². The fraction of sp³-hybridized carbons (Fsp3) is 0.478. The molecule has 0 radical (unpaired) electrons. The van der Waals surface area contributed by atoms with Crippen molar-refractivity contribution in [1.82, 2.24) is 9.80 Å². The Kier molecular flexibility index (Phi) is 5.81. The maximum Gasteiger partial charge on any atom is 0.298 e. The third-order valence-electron chi connectivity index (χ3n) is 6.28. The standard InChI is InChI=1S/C23H28N2O5/c1-28-19-7-3-6-17(21(19)29-2)14-24-11-5-9-23(15-24)10-12-25(16-23)22(27)20(26)18-8-4-13-30-18/h3-4,6-8,13H,5,9-12,14-16H2,1-2H3/t23-/m0/s1. The van der Waals surface area contributed by atoms with Crippen molar-refractivity contribution in [1.29, 1.82) is 0 Å². The average molecular weight is 412 g/mol. The van der Waals surface area contributed by atoms with Crippen LogP contribution in [0.25, 0.3) is 0 Å². The first-order valence-corrected chi connectivity index (χ1v) is 10.3. The minimum absolute atomic E-state index is 0.0312. The second-order valence-electron chi connectivity index (χ2n) is 8.25. The van der Waals surface area contributed by atoms with Crippen molar-refractivity contribution >= 4 is 11.7 Å². The first kappa shape index (κ1) is 20.5. The van der Waals surface area contributed by atoms with Gasteiger partial charge < -0.3 is 18.8 Å². The lowest BCUT2D eigenvalue weighted by Crippen LogP contribution is -2.45. The Labute approximate surface area is 176 Å². The summed E-state index contributed by atoms with van der Waals surface area (Å²) in [6, 6.07) is 9.10. The number of amides is 1. The lowest BCUT2D eigenvalue weighted by molar-refractivity contribution is -0.126. The normalized spacial score (nSPS) is 21.7. The van der Waals surface area contributed by atoms with Crippen LogP contribution in [0.3, 0.4) is 0 Å². The van der Waals surface area contributed by atoms with Crippen molar-refractivity contribution < 1.29 is 23.5 Å². The van der Waals surface area contributed by atoms with E-state index in [1.54, 1.807) is 25.2 Å². The Morgan fingerprint density at radius 3 is 2.67 bits per heavy atom. The van der Waals surface area contributed by atoms with Crippen LogP contribution in [0.2, 0.25) is 0 Å². The van der Waals surface area contributed by atoms with E-state index in [0.717, 1.165) is 56.0 Å². The highest BCUT2D eigenvalue weighted by atomic mass is 16.5. The summed E-state index contributed by atoms with van der Waals surface area (Å²) in [6.45, 7) is 3.89. The maximum atomic E-state index is 12.7. The summed E-state index contributed by atoms with van der Waals surface area (Å²) >= 11 is 0. The molecule has 1 aromatic carbocycles. The predicted molar refractivity (Wildman–Crippen MR) is 111 cm³/mol. The van der Waals surface area contributed by atoms with Crippen molar-refractivity contribution in [2.24, 2.45) is 5.41 Å². The van der Waals surface area contributed by atoms with Crippen LogP contribution in [0.15, 0.2) is 41.0 Å². The molecule has 0 N–H and O–H groups in total. The number of para-hydroxylation sites is 1. The third kappa shape index (κ3) is 3.94. The molecular formula is C23H28N2O5. The summed E-state index contributed by atoms with van der Waals surface area (Å²) in [4.78, 5) is 29.2. The molecule has 2 aromatic rings. The number of hydrogen-bond acceptors (Lipinski definition) is 6. The van der Waals surface area contributed by atoms with Gasteiger partial charge in [0.15, 0.2) is 17.3 Å². The van der Waals surface area contributed by atoms with Crippen molar-refractivity contribution in [3.05, 3.63) is 47.9 Å².